The highest BCUT2D eigenvalue weighted by Crippen LogP contribution is 2.35. The van der Waals surface area contributed by atoms with Gasteiger partial charge < -0.3 is 5.73 Å². The lowest BCUT2D eigenvalue weighted by atomic mass is 10.1. The van der Waals surface area contributed by atoms with Gasteiger partial charge in [0.1, 0.15) is 10.8 Å². The Hall–Kier alpha value is -1.56. The maximum atomic E-state index is 14.0. The Bertz CT molecular complexity index is 765. The van der Waals surface area contributed by atoms with Crippen molar-refractivity contribution < 1.29 is 4.39 Å². The minimum atomic E-state index is -0.277. The molecule has 3 aromatic rings. The highest BCUT2D eigenvalue weighted by Gasteiger charge is 2.14. The van der Waals surface area contributed by atoms with Gasteiger partial charge in [-0.2, -0.15) is 0 Å². The molecule has 0 unspecified atom stereocenters. The van der Waals surface area contributed by atoms with Crippen LogP contribution < -0.4 is 5.73 Å². The number of benzene rings is 2. The van der Waals surface area contributed by atoms with Gasteiger partial charge in [0, 0.05) is 22.0 Å². The van der Waals surface area contributed by atoms with E-state index in [1.165, 1.54) is 17.4 Å². The molecule has 0 amide bonds. The van der Waals surface area contributed by atoms with Crippen molar-refractivity contribution in [2.24, 2.45) is 5.73 Å². The fraction of sp³-hybridized carbons (Fsp3) is 0.0625. The summed E-state index contributed by atoms with van der Waals surface area (Å²) in [7, 11) is 0. The Morgan fingerprint density at radius 1 is 1.19 bits per heavy atom. The smallest absolute Gasteiger partial charge is 0.134 e. The molecule has 106 valence electrons. The van der Waals surface area contributed by atoms with Crippen LogP contribution in [0.1, 0.15) is 5.56 Å². The average molecular weight is 363 g/mol. The zero-order valence-electron chi connectivity index (χ0n) is 11.0. The third-order valence-corrected chi connectivity index (χ3v) is 4.66. The molecule has 2 nitrogen and oxygen atoms in total. The van der Waals surface area contributed by atoms with Crippen LogP contribution in [0.25, 0.3) is 21.8 Å². The second-order valence-corrected chi connectivity index (χ2v) is 6.25. The fourth-order valence-corrected chi connectivity index (χ4v) is 3.63. The van der Waals surface area contributed by atoms with Crippen LogP contribution in [-0.4, -0.2) is 4.98 Å². The molecular weight excluding hydrogens is 351 g/mol. The first-order valence-electron chi connectivity index (χ1n) is 6.38. The third-order valence-electron chi connectivity index (χ3n) is 3.14. The number of thiazole rings is 1. The number of hydrogen-bond acceptors (Lipinski definition) is 3. The summed E-state index contributed by atoms with van der Waals surface area (Å²) < 4.78 is 14.7. The molecule has 21 heavy (non-hydrogen) atoms. The van der Waals surface area contributed by atoms with E-state index in [0.29, 0.717) is 21.6 Å². The number of aromatic nitrogens is 1. The van der Waals surface area contributed by atoms with Crippen LogP contribution in [0.3, 0.4) is 0 Å². The molecule has 0 fully saturated rings. The van der Waals surface area contributed by atoms with Crippen molar-refractivity contribution in [3.63, 3.8) is 0 Å². The summed E-state index contributed by atoms with van der Waals surface area (Å²) in [6, 6.07) is 12.8. The lowest BCUT2D eigenvalue weighted by Crippen LogP contribution is -1.95. The minimum Gasteiger partial charge on any atom is -0.326 e. The van der Waals surface area contributed by atoms with Gasteiger partial charge in [0.2, 0.25) is 0 Å². The van der Waals surface area contributed by atoms with E-state index in [1.54, 1.807) is 6.07 Å². The first-order valence-corrected chi connectivity index (χ1v) is 8.05. The van der Waals surface area contributed by atoms with Crippen molar-refractivity contribution >= 4 is 27.3 Å². The molecule has 0 aliphatic heterocycles. The van der Waals surface area contributed by atoms with Gasteiger partial charge in [-0.1, -0.05) is 24.3 Å². The van der Waals surface area contributed by atoms with Crippen molar-refractivity contribution in [1.29, 1.82) is 0 Å². The van der Waals surface area contributed by atoms with Gasteiger partial charge in [-0.3, -0.25) is 0 Å². The first-order chi connectivity index (χ1) is 10.2. The Balaban J connectivity index is 2.04. The zero-order valence-corrected chi connectivity index (χ0v) is 13.4. The number of nitrogens with two attached hydrogens (primary N) is 1. The molecule has 0 atom stereocenters. The second kappa shape index (κ2) is 6.05. The van der Waals surface area contributed by atoms with E-state index >= 15 is 0 Å². The van der Waals surface area contributed by atoms with E-state index in [9.17, 15) is 4.39 Å². The number of hydrogen-bond donors (Lipinski definition) is 1. The van der Waals surface area contributed by atoms with Crippen molar-refractivity contribution in [2.75, 3.05) is 0 Å². The summed E-state index contributed by atoms with van der Waals surface area (Å²) >= 11 is 4.81. The SMILES string of the molecule is NCc1cccc(-c2csc(-c3c(F)cccc3Br)n2)c1. The van der Waals surface area contributed by atoms with Crippen LogP contribution in [0.4, 0.5) is 4.39 Å². The number of nitrogens with zero attached hydrogens (tertiary/aromatic N) is 1. The lowest BCUT2D eigenvalue weighted by molar-refractivity contribution is 0.630. The van der Waals surface area contributed by atoms with Gasteiger partial charge >= 0.3 is 0 Å². The second-order valence-electron chi connectivity index (χ2n) is 4.54. The van der Waals surface area contributed by atoms with Crippen LogP contribution in [0, 0.1) is 5.82 Å². The summed E-state index contributed by atoms with van der Waals surface area (Å²) in [6.45, 7) is 0.490. The molecule has 0 aliphatic rings. The van der Waals surface area contributed by atoms with Gasteiger partial charge in [0.15, 0.2) is 0 Å². The van der Waals surface area contributed by atoms with E-state index in [2.05, 4.69) is 20.9 Å². The molecule has 0 spiro atoms. The standard InChI is InChI=1S/C16H12BrFN2S/c17-12-5-2-6-13(18)15(12)16-20-14(9-21-16)11-4-1-3-10(7-11)8-19/h1-7,9H,8,19H2. The maximum Gasteiger partial charge on any atom is 0.134 e. The predicted molar refractivity (Wildman–Crippen MR) is 88.5 cm³/mol. The summed E-state index contributed by atoms with van der Waals surface area (Å²) in [5.74, 6) is -0.277. The molecule has 3 rings (SSSR count). The fourth-order valence-electron chi connectivity index (χ4n) is 2.08. The van der Waals surface area contributed by atoms with E-state index in [0.717, 1.165) is 16.8 Å². The Morgan fingerprint density at radius 2 is 2.00 bits per heavy atom. The van der Waals surface area contributed by atoms with Crippen LogP contribution in [0.15, 0.2) is 52.3 Å². The van der Waals surface area contributed by atoms with Crippen LogP contribution in [0.5, 0.6) is 0 Å². The number of rotatable bonds is 3. The highest BCUT2D eigenvalue weighted by atomic mass is 79.9. The van der Waals surface area contributed by atoms with Gasteiger partial charge in [0.25, 0.3) is 0 Å². The monoisotopic (exact) mass is 362 g/mol. The molecule has 1 heterocycles. The molecule has 2 N–H and O–H groups in total. The van der Waals surface area contributed by atoms with Crippen molar-refractivity contribution in [1.82, 2.24) is 4.98 Å². The molecule has 5 heteroatoms. The van der Waals surface area contributed by atoms with Crippen LogP contribution in [0.2, 0.25) is 0 Å². The minimum absolute atomic E-state index is 0.277. The Kier molecular flexibility index (Phi) is 4.14. The van der Waals surface area contributed by atoms with Crippen molar-refractivity contribution in [3.05, 3.63) is 63.7 Å². The summed E-state index contributed by atoms with van der Waals surface area (Å²) in [4.78, 5) is 4.56. The molecule has 1 aromatic heterocycles. The third kappa shape index (κ3) is 2.90. The highest BCUT2D eigenvalue weighted by molar-refractivity contribution is 9.10. The molecular formula is C16H12BrFN2S. The van der Waals surface area contributed by atoms with Gasteiger partial charge in [0.05, 0.1) is 11.3 Å². The van der Waals surface area contributed by atoms with Gasteiger partial charge in [-0.25, -0.2) is 9.37 Å². The van der Waals surface area contributed by atoms with Crippen LogP contribution >= 0.6 is 27.3 Å². The van der Waals surface area contributed by atoms with E-state index in [1.807, 2.05) is 35.7 Å². The predicted octanol–water partition coefficient (Wildman–Crippen LogP) is 4.84. The number of halogens is 2. The van der Waals surface area contributed by atoms with Crippen molar-refractivity contribution in [3.8, 4) is 21.8 Å². The van der Waals surface area contributed by atoms with E-state index < -0.39 is 0 Å². The average Bonchev–Trinajstić information content (AvgIpc) is 2.97. The summed E-state index contributed by atoms with van der Waals surface area (Å²) in [5.41, 5.74) is 9.04. The first kappa shape index (κ1) is 14.4. The van der Waals surface area contributed by atoms with Gasteiger partial charge in [-0.05, 0) is 39.7 Å². The molecule has 0 radical (unpaired) electrons. The van der Waals surface area contributed by atoms with E-state index in [4.69, 9.17) is 5.73 Å². The topological polar surface area (TPSA) is 38.9 Å². The van der Waals surface area contributed by atoms with Crippen LogP contribution in [-0.2, 0) is 6.54 Å². The largest absolute Gasteiger partial charge is 0.326 e. The quantitative estimate of drug-likeness (QED) is 0.723. The lowest BCUT2D eigenvalue weighted by Gasteiger charge is -2.02. The maximum absolute atomic E-state index is 14.0. The molecule has 0 bridgehead atoms. The molecule has 0 saturated heterocycles. The summed E-state index contributed by atoms with van der Waals surface area (Å²) in [5, 5.41) is 2.59. The summed E-state index contributed by atoms with van der Waals surface area (Å²) in [6.07, 6.45) is 0. The Labute approximate surface area is 134 Å². The van der Waals surface area contributed by atoms with Gasteiger partial charge in [-0.15, -0.1) is 11.3 Å². The molecule has 0 saturated carbocycles. The normalized spacial score (nSPS) is 10.8. The van der Waals surface area contributed by atoms with E-state index in [-0.39, 0.29) is 5.82 Å². The zero-order chi connectivity index (χ0) is 14.8. The van der Waals surface area contributed by atoms with Crippen molar-refractivity contribution in [2.45, 2.75) is 6.54 Å². The molecule has 2 aromatic carbocycles. The Morgan fingerprint density at radius 3 is 2.76 bits per heavy atom. The molecule has 0 aliphatic carbocycles.